The van der Waals surface area contributed by atoms with Gasteiger partial charge in [0.25, 0.3) is 10.0 Å². The maximum Gasteiger partial charge on any atom is 0.276 e. The van der Waals surface area contributed by atoms with E-state index in [1.54, 1.807) is 12.1 Å². The molecule has 0 bridgehead atoms. The van der Waals surface area contributed by atoms with Gasteiger partial charge in [-0.15, -0.1) is 0 Å². The predicted molar refractivity (Wildman–Crippen MR) is 78.4 cm³/mol. The number of benzene rings is 2. The van der Waals surface area contributed by atoms with Crippen molar-refractivity contribution in [3.8, 4) is 0 Å². The van der Waals surface area contributed by atoms with Crippen molar-refractivity contribution in [3.05, 3.63) is 64.1 Å². The molecule has 0 spiro atoms. The molecule has 0 saturated carbocycles. The smallest absolute Gasteiger partial charge is 0.206 e. The molecule has 0 aliphatic heterocycles. The standard InChI is InChI=1S/C13H9BrF2N2O2S/c14-9-4-6-10(7-5-9)21(19,20)18-17-8-11-12(15)2-1-3-13(11)16/h1-8,18H/b17-8+. The van der Waals surface area contributed by atoms with Crippen LogP contribution < -0.4 is 4.83 Å². The summed E-state index contributed by atoms with van der Waals surface area (Å²) in [6.45, 7) is 0. The molecule has 0 atom stereocenters. The zero-order chi connectivity index (χ0) is 15.5. The minimum atomic E-state index is -3.89. The maximum atomic E-state index is 13.3. The summed E-state index contributed by atoms with van der Waals surface area (Å²) in [6.07, 6.45) is 0.779. The normalized spacial score (nSPS) is 11.8. The molecule has 0 saturated heterocycles. The lowest BCUT2D eigenvalue weighted by molar-refractivity contribution is 0.577. The average Bonchev–Trinajstić information content (AvgIpc) is 2.42. The molecular weight excluding hydrogens is 366 g/mol. The topological polar surface area (TPSA) is 58.5 Å². The second kappa shape index (κ2) is 6.31. The number of hydrazone groups is 1. The van der Waals surface area contributed by atoms with E-state index in [0.717, 1.165) is 22.8 Å². The van der Waals surface area contributed by atoms with Crippen LogP contribution in [0.1, 0.15) is 5.56 Å². The molecule has 0 radical (unpaired) electrons. The molecule has 2 aromatic rings. The highest BCUT2D eigenvalue weighted by Gasteiger charge is 2.12. The highest BCUT2D eigenvalue weighted by Crippen LogP contribution is 2.14. The summed E-state index contributed by atoms with van der Waals surface area (Å²) < 4.78 is 51.1. The van der Waals surface area contributed by atoms with E-state index in [-0.39, 0.29) is 4.90 Å². The summed E-state index contributed by atoms with van der Waals surface area (Å²) in [5, 5.41) is 3.38. The van der Waals surface area contributed by atoms with Gasteiger partial charge in [0.2, 0.25) is 0 Å². The van der Waals surface area contributed by atoms with Gasteiger partial charge in [0.15, 0.2) is 0 Å². The van der Waals surface area contributed by atoms with Crippen LogP contribution in [0.4, 0.5) is 8.78 Å². The van der Waals surface area contributed by atoms with Crippen LogP contribution in [0.25, 0.3) is 0 Å². The fourth-order valence-electron chi connectivity index (χ4n) is 1.46. The Kier molecular flexibility index (Phi) is 4.69. The van der Waals surface area contributed by atoms with E-state index >= 15 is 0 Å². The summed E-state index contributed by atoms with van der Waals surface area (Å²) in [5.41, 5.74) is -0.420. The molecule has 4 nitrogen and oxygen atoms in total. The van der Waals surface area contributed by atoms with Gasteiger partial charge in [0.05, 0.1) is 16.7 Å². The minimum absolute atomic E-state index is 0.0168. The molecule has 0 aromatic heterocycles. The molecule has 8 heteroatoms. The van der Waals surface area contributed by atoms with Gasteiger partial charge >= 0.3 is 0 Å². The van der Waals surface area contributed by atoms with Gasteiger partial charge in [-0.2, -0.15) is 13.5 Å². The van der Waals surface area contributed by atoms with Gasteiger partial charge in [-0.1, -0.05) is 22.0 Å². The maximum absolute atomic E-state index is 13.3. The molecule has 0 aliphatic rings. The molecule has 0 aliphatic carbocycles. The van der Waals surface area contributed by atoms with Crippen LogP contribution in [0.5, 0.6) is 0 Å². The molecule has 0 fully saturated rings. The van der Waals surface area contributed by atoms with E-state index in [0.29, 0.717) is 0 Å². The molecule has 0 heterocycles. The Balaban J connectivity index is 2.19. The second-order valence-corrected chi connectivity index (χ2v) is 6.52. The van der Waals surface area contributed by atoms with Gasteiger partial charge in [-0.25, -0.2) is 13.6 Å². The lowest BCUT2D eigenvalue weighted by Crippen LogP contribution is -2.18. The van der Waals surface area contributed by atoms with E-state index in [1.165, 1.54) is 18.2 Å². The Morgan fingerprint density at radius 2 is 1.62 bits per heavy atom. The Morgan fingerprint density at radius 1 is 1.05 bits per heavy atom. The summed E-state index contributed by atoms with van der Waals surface area (Å²) in [4.78, 5) is 1.87. The van der Waals surface area contributed by atoms with Gasteiger partial charge in [-0.05, 0) is 36.4 Å². The third-order valence-electron chi connectivity index (χ3n) is 2.49. The molecule has 0 amide bonds. The Labute approximate surface area is 128 Å². The molecule has 2 rings (SSSR count). The molecule has 110 valence electrons. The van der Waals surface area contributed by atoms with Gasteiger partial charge in [0, 0.05) is 4.47 Å². The lowest BCUT2D eigenvalue weighted by Gasteiger charge is -2.03. The third-order valence-corrected chi connectivity index (χ3v) is 4.26. The van der Waals surface area contributed by atoms with Gasteiger partial charge in [-0.3, -0.25) is 0 Å². The molecule has 1 N–H and O–H groups in total. The van der Waals surface area contributed by atoms with Crippen molar-refractivity contribution in [2.24, 2.45) is 5.10 Å². The molecular formula is C13H9BrF2N2O2S. The summed E-state index contributed by atoms with van der Waals surface area (Å²) >= 11 is 3.18. The minimum Gasteiger partial charge on any atom is -0.206 e. The Bertz CT molecular complexity index is 757. The first-order valence-electron chi connectivity index (χ1n) is 5.64. The first kappa shape index (κ1) is 15.6. The largest absolute Gasteiger partial charge is 0.276 e. The van der Waals surface area contributed by atoms with Crippen molar-refractivity contribution in [1.82, 2.24) is 4.83 Å². The van der Waals surface area contributed by atoms with E-state index in [2.05, 4.69) is 21.0 Å². The van der Waals surface area contributed by atoms with Crippen molar-refractivity contribution < 1.29 is 17.2 Å². The van der Waals surface area contributed by atoms with Crippen LogP contribution in [0.2, 0.25) is 0 Å². The van der Waals surface area contributed by atoms with Crippen LogP contribution in [-0.4, -0.2) is 14.6 Å². The summed E-state index contributed by atoms with van der Waals surface area (Å²) in [5.74, 6) is -1.66. The van der Waals surface area contributed by atoms with Gasteiger partial charge in [0.1, 0.15) is 11.6 Å². The number of hydrogen-bond acceptors (Lipinski definition) is 3. The highest BCUT2D eigenvalue weighted by atomic mass is 79.9. The zero-order valence-corrected chi connectivity index (χ0v) is 12.8. The third kappa shape index (κ3) is 3.85. The van der Waals surface area contributed by atoms with Crippen LogP contribution in [0, 0.1) is 11.6 Å². The molecule has 2 aromatic carbocycles. The Hall–Kier alpha value is -1.80. The van der Waals surface area contributed by atoms with Crippen LogP contribution in [-0.2, 0) is 10.0 Å². The first-order valence-corrected chi connectivity index (χ1v) is 7.92. The lowest BCUT2D eigenvalue weighted by atomic mass is 10.2. The number of hydrogen-bond donors (Lipinski definition) is 1. The number of halogens is 3. The molecule has 0 unspecified atom stereocenters. The van der Waals surface area contributed by atoms with E-state index in [4.69, 9.17) is 0 Å². The number of sulfonamides is 1. The predicted octanol–water partition coefficient (Wildman–Crippen LogP) is 3.04. The fourth-order valence-corrected chi connectivity index (χ4v) is 2.52. The average molecular weight is 375 g/mol. The fraction of sp³-hybridized carbons (Fsp3) is 0. The van der Waals surface area contributed by atoms with Crippen molar-refractivity contribution >= 4 is 32.2 Å². The van der Waals surface area contributed by atoms with Crippen molar-refractivity contribution in [3.63, 3.8) is 0 Å². The van der Waals surface area contributed by atoms with Crippen LogP contribution >= 0.6 is 15.9 Å². The van der Waals surface area contributed by atoms with E-state index < -0.39 is 27.2 Å². The van der Waals surface area contributed by atoms with Crippen LogP contribution in [0.3, 0.4) is 0 Å². The highest BCUT2D eigenvalue weighted by molar-refractivity contribution is 9.10. The second-order valence-electron chi connectivity index (χ2n) is 3.94. The zero-order valence-electron chi connectivity index (χ0n) is 10.4. The van der Waals surface area contributed by atoms with Crippen LogP contribution in [0.15, 0.2) is 56.9 Å². The van der Waals surface area contributed by atoms with E-state index in [9.17, 15) is 17.2 Å². The van der Waals surface area contributed by atoms with Crippen molar-refractivity contribution in [2.45, 2.75) is 4.90 Å². The van der Waals surface area contributed by atoms with Crippen molar-refractivity contribution in [1.29, 1.82) is 0 Å². The van der Waals surface area contributed by atoms with Crippen molar-refractivity contribution in [2.75, 3.05) is 0 Å². The molecule has 21 heavy (non-hydrogen) atoms. The quantitative estimate of drug-likeness (QED) is 0.660. The SMILES string of the molecule is O=S(=O)(N/N=C/c1c(F)cccc1F)c1ccc(Br)cc1. The first-order chi connectivity index (χ1) is 9.90. The number of rotatable bonds is 4. The summed E-state index contributed by atoms with van der Waals surface area (Å²) in [7, 11) is -3.89. The summed E-state index contributed by atoms with van der Waals surface area (Å²) in [6, 6.07) is 9.14. The Morgan fingerprint density at radius 3 is 2.19 bits per heavy atom. The van der Waals surface area contributed by atoms with Gasteiger partial charge < -0.3 is 0 Å². The van der Waals surface area contributed by atoms with E-state index in [1.807, 2.05) is 4.83 Å². The monoisotopic (exact) mass is 374 g/mol. The number of nitrogens with one attached hydrogen (secondary N) is 1. The number of nitrogens with zero attached hydrogens (tertiary/aromatic N) is 1.